The lowest BCUT2D eigenvalue weighted by Gasteiger charge is -2.19. The Morgan fingerprint density at radius 3 is 2.88 bits per heavy atom. The van der Waals surface area contributed by atoms with Crippen LogP contribution in [0.5, 0.6) is 0 Å². The maximum absolute atomic E-state index is 11.7. The second-order valence-electron chi connectivity index (χ2n) is 4.47. The van der Waals surface area contributed by atoms with Crippen LogP contribution >= 0.6 is 0 Å². The molecule has 0 saturated carbocycles. The van der Waals surface area contributed by atoms with E-state index < -0.39 is 0 Å². The Morgan fingerprint density at radius 1 is 1.29 bits per heavy atom. The second kappa shape index (κ2) is 8.06. The summed E-state index contributed by atoms with van der Waals surface area (Å²) >= 11 is 0. The highest BCUT2D eigenvalue weighted by Gasteiger charge is 2.18. The van der Waals surface area contributed by atoms with E-state index in [2.05, 4.69) is 5.32 Å². The number of carbonyl (C=O) groups is 2. The summed E-state index contributed by atoms with van der Waals surface area (Å²) < 4.78 is 0. The quantitative estimate of drug-likeness (QED) is 0.654. The average Bonchev–Trinajstić information content (AvgIpc) is 2.51. The number of amides is 2. The van der Waals surface area contributed by atoms with E-state index in [0.29, 0.717) is 19.5 Å². The minimum Gasteiger partial charge on any atom is -0.355 e. The molecular formula is C12H23N3O2. The number of nitrogens with one attached hydrogen (secondary N) is 1. The van der Waals surface area contributed by atoms with Gasteiger partial charge < -0.3 is 16.0 Å². The molecule has 0 aromatic heterocycles. The third-order valence-corrected chi connectivity index (χ3v) is 2.96. The van der Waals surface area contributed by atoms with Crippen molar-refractivity contribution in [3.8, 4) is 0 Å². The van der Waals surface area contributed by atoms with Crippen molar-refractivity contribution >= 4 is 11.8 Å². The number of hydrogen-bond donors (Lipinski definition) is 2. The maximum atomic E-state index is 11.7. The molecular weight excluding hydrogens is 218 g/mol. The predicted octanol–water partition coefficient (Wildman–Crippen LogP) is 0.244. The van der Waals surface area contributed by atoms with E-state index >= 15 is 0 Å². The van der Waals surface area contributed by atoms with Gasteiger partial charge in [0.25, 0.3) is 0 Å². The fourth-order valence-corrected chi connectivity index (χ4v) is 1.93. The van der Waals surface area contributed by atoms with E-state index in [1.54, 1.807) is 4.90 Å². The molecule has 1 aliphatic heterocycles. The van der Waals surface area contributed by atoms with Crippen molar-refractivity contribution in [3.63, 3.8) is 0 Å². The van der Waals surface area contributed by atoms with Gasteiger partial charge in [-0.05, 0) is 32.2 Å². The molecule has 1 heterocycles. The van der Waals surface area contributed by atoms with Crippen LogP contribution in [-0.2, 0) is 9.59 Å². The van der Waals surface area contributed by atoms with Gasteiger partial charge in [0.15, 0.2) is 0 Å². The normalized spacial score (nSPS) is 16.8. The van der Waals surface area contributed by atoms with Gasteiger partial charge in [-0.1, -0.05) is 6.42 Å². The van der Waals surface area contributed by atoms with Crippen LogP contribution in [0.1, 0.15) is 38.5 Å². The molecule has 1 fully saturated rings. The summed E-state index contributed by atoms with van der Waals surface area (Å²) in [7, 11) is 0. The van der Waals surface area contributed by atoms with Crippen molar-refractivity contribution in [1.29, 1.82) is 0 Å². The lowest BCUT2D eigenvalue weighted by molar-refractivity contribution is -0.135. The van der Waals surface area contributed by atoms with Gasteiger partial charge in [0.2, 0.25) is 11.8 Å². The average molecular weight is 241 g/mol. The Hall–Kier alpha value is -1.10. The summed E-state index contributed by atoms with van der Waals surface area (Å²) in [5, 5.41) is 2.82. The molecule has 0 aromatic carbocycles. The zero-order chi connectivity index (χ0) is 12.5. The summed E-state index contributed by atoms with van der Waals surface area (Å²) in [6, 6.07) is 0. The van der Waals surface area contributed by atoms with E-state index in [-0.39, 0.29) is 18.4 Å². The van der Waals surface area contributed by atoms with Crippen LogP contribution in [0.4, 0.5) is 0 Å². The number of unbranched alkanes of at least 4 members (excludes halogenated alkanes) is 1. The van der Waals surface area contributed by atoms with Crippen molar-refractivity contribution in [3.05, 3.63) is 0 Å². The molecule has 2 amide bonds. The molecule has 5 heteroatoms. The molecule has 0 atom stereocenters. The van der Waals surface area contributed by atoms with Gasteiger partial charge in [-0.2, -0.15) is 0 Å². The number of carbonyl (C=O) groups excluding carboxylic acids is 2. The van der Waals surface area contributed by atoms with Crippen LogP contribution in [0.25, 0.3) is 0 Å². The lowest BCUT2D eigenvalue weighted by Crippen LogP contribution is -2.40. The molecule has 0 unspecified atom stereocenters. The van der Waals surface area contributed by atoms with Crippen molar-refractivity contribution in [1.82, 2.24) is 10.2 Å². The lowest BCUT2D eigenvalue weighted by atomic mass is 10.2. The van der Waals surface area contributed by atoms with Crippen molar-refractivity contribution in [2.24, 2.45) is 5.73 Å². The van der Waals surface area contributed by atoms with Crippen LogP contribution in [0.15, 0.2) is 0 Å². The van der Waals surface area contributed by atoms with Crippen LogP contribution in [0.2, 0.25) is 0 Å². The van der Waals surface area contributed by atoms with Crippen LogP contribution in [0.3, 0.4) is 0 Å². The molecule has 3 N–H and O–H groups in total. The molecule has 0 aromatic rings. The van der Waals surface area contributed by atoms with Gasteiger partial charge in [-0.25, -0.2) is 0 Å². The largest absolute Gasteiger partial charge is 0.355 e. The third-order valence-electron chi connectivity index (χ3n) is 2.96. The van der Waals surface area contributed by atoms with Gasteiger partial charge in [0.1, 0.15) is 0 Å². The number of nitrogens with zero attached hydrogens (tertiary/aromatic N) is 1. The number of likely N-dealkylation sites (tertiary alicyclic amines) is 1. The Bertz CT molecular complexity index is 256. The smallest absolute Gasteiger partial charge is 0.239 e. The van der Waals surface area contributed by atoms with Gasteiger partial charge in [-0.3, -0.25) is 9.59 Å². The Kier molecular flexibility index (Phi) is 6.62. The van der Waals surface area contributed by atoms with Crippen LogP contribution < -0.4 is 11.1 Å². The first-order valence-electron chi connectivity index (χ1n) is 6.48. The van der Waals surface area contributed by atoms with Crippen molar-refractivity contribution in [2.75, 3.05) is 26.2 Å². The Labute approximate surface area is 103 Å². The number of nitrogens with two attached hydrogens (primary N) is 1. The van der Waals surface area contributed by atoms with E-state index in [1.807, 2.05) is 0 Å². The molecule has 1 saturated heterocycles. The minimum absolute atomic E-state index is 0.0581. The highest BCUT2D eigenvalue weighted by atomic mass is 16.2. The summed E-state index contributed by atoms with van der Waals surface area (Å²) in [5.74, 6) is 0.0527. The van der Waals surface area contributed by atoms with E-state index in [1.165, 1.54) is 0 Å². The van der Waals surface area contributed by atoms with E-state index in [9.17, 15) is 9.59 Å². The Balaban J connectivity index is 2.21. The molecule has 98 valence electrons. The summed E-state index contributed by atoms with van der Waals surface area (Å²) in [6.45, 7) is 2.23. The zero-order valence-electron chi connectivity index (χ0n) is 10.4. The monoisotopic (exact) mass is 241 g/mol. The number of rotatable bonds is 6. The van der Waals surface area contributed by atoms with Gasteiger partial charge >= 0.3 is 0 Å². The fourth-order valence-electron chi connectivity index (χ4n) is 1.93. The van der Waals surface area contributed by atoms with E-state index in [0.717, 1.165) is 38.6 Å². The fraction of sp³-hybridized carbons (Fsp3) is 0.833. The van der Waals surface area contributed by atoms with Crippen LogP contribution in [-0.4, -0.2) is 42.9 Å². The standard InChI is InChI=1S/C12H23N3O2/c13-7-3-4-8-14-11(16)10-15-9-5-1-2-6-12(15)17/h1-10,13H2,(H,14,16). The highest BCUT2D eigenvalue weighted by molar-refractivity contribution is 5.84. The molecule has 0 radical (unpaired) electrons. The maximum Gasteiger partial charge on any atom is 0.239 e. The molecule has 1 aliphatic rings. The summed E-state index contributed by atoms with van der Waals surface area (Å²) in [4.78, 5) is 24.9. The first-order chi connectivity index (χ1) is 8.24. The van der Waals surface area contributed by atoms with Gasteiger partial charge in [0.05, 0.1) is 6.54 Å². The molecule has 0 bridgehead atoms. The predicted molar refractivity (Wildman–Crippen MR) is 66.3 cm³/mol. The van der Waals surface area contributed by atoms with Crippen molar-refractivity contribution < 1.29 is 9.59 Å². The number of hydrogen-bond acceptors (Lipinski definition) is 3. The first kappa shape index (κ1) is 14.0. The molecule has 1 rings (SSSR count). The van der Waals surface area contributed by atoms with Gasteiger partial charge in [-0.15, -0.1) is 0 Å². The van der Waals surface area contributed by atoms with Gasteiger partial charge in [0, 0.05) is 19.5 Å². The first-order valence-corrected chi connectivity index (χ1v) is 6.48. The molecule has 0 aliphatic carbocycles. The summed E-state index contributed by atoms with van der Waals surface area (Å²) in [6.07, 6.45) is 5.44. The highest BCUT2D eigenvalue weighted by Crippen LogP contribution is 2.10. The summed E-state index contributed by atoms with van der Waals surface area (Å²) in [5.41, 5.74) is 5.36. The third kappa shape index (κ3) is 5.68. The van der Waals surface area contributed by atoms with Crippen molar-refractivity contribution in [2.45, 2.75) is 38.5 Å². The van der Waals surface area contributed by atoms with E-state index in [4.69, 9.17) is 5.73 Å². The molecule has 0 spiro atoms. The zero-order valence-corrected chi connectivity index (χ0v) is 10.4. The van der Waals surface area contributed by atoms with Crippen LogP contribution in [0, 0.1) is 0 Å². The molecule has 5 nitrogen and oxygen atoms in total. The molecule has 17 heavy (non-hydrogen) atoms. The Morgan fingerprint density at radius 2 is 2.12 bits per heavy atom. The SMILES string of the molecule is NCCCCNC(=O)CN1CCCCCC1=O. The minimum atomic E-state index is -0.0581. The topological polar surface area (TPSA) is 75.4 Å². The second-order valence-corrected chi connectivity index (χ2v) is 4.47.